The van der Waals surface area contributed by atoms with Crippen molar-refractivity contribution in [1.29, 1.82) is 0 Å². The van der Waals surface area contributed by atoms with Crippen LogP contribution in [0.5, 0.6) is 0 Å². The normalized spacial score (nSPS) is 16.6. The molecule has 2 aromatic carbocycles. The Morgan fingerprint density at radius 2 is 1.90 bits per heavy atom. The molecule has 2 amide bonds. The Morgan fingerprint density at radius 3 is 2.62 bits per heavy atom. The summed E-state index contributed by atoms with van der Waals surface area (Å²) in [6, 6.07) is 15.5. The number of hydrogen-bond acceptors (Lipinski definition) is 5. The van der Waals surface area contributed by atoms with Gasteiger partial charge in [0.05, 0.1) is 0 Å². The monoisotopic (exact) mass is 408 g/mol. The maximum Gasteiger partial charge on any atom is 0.322 e. The lowest BCUT2D eigenvalue weighted by atomic mass is 10.0. The van der Waals surface area contributed by atoms with Crippen LogP contribution >= 0.6 is 11.8 Å². The number of nitrogens with zero attached hydrogens (tertiary/aromatic N) is 3. The first-order valence-corrected chi connectivity index (χ1v) is 11.0. The minimum absolute atomic E-state index is 0.137. The first-order chi connectivity index (χ1) is 14.1. The van der Waals surface area contributed by atoms with E-state index in [-0.39, 0.29) is 12.1 Å². The summed E-state index contributed by atoms with van der Waals surface area (Å²) in [7, 11) is 0. The van der Waals surface area contributed by atoms with Crippen LogP contribution in [0.4, 0.5) is 10.5 Å². The van der Waals surface area contributed by atoms with Crippen molar-refractivity contribution >= 4 is 23.5 Å². The molecule has 0 bridgehead atoms. The van der Waals surface area contributed by atoms with E-state index in [1.165, 1.54) is 5.56 Å². The van der Waals surface area contributed by atoms with Crippen molar-refractivity contribution in [2.45, 2.75) is 37.1 Å². The Bertz CT molecular complexity index is 969. The highest BCUT2D eigenvalue weighted by atomic mass is 32.2. The topological polar surface area (TPSA) is 71.3 Å². The molecule has 4 rings (SSSR count). The van der Waals surface area contributed by atoms with Gasteiger partial charge in [0.2, 0.25) is 11.7 Å². The molecule has 6 nitrogen and oxygen atoms in total. The van der Waals surface area contributed by atoms with Gasteiger partial charge in [0.15, 0.2) is 0 Å². The Hall–Kier alpha value is -2.80. The zero-order valence-corrected chi connectivity index (χ0v) is 17.4. The highest BCUT2D eigenvalue weighted by Crippen LogP contribution is 2.32. The van der Waals surface area contributed by atoms with Gasteiger partial charge < -0.3 is 14.7 Å². The number of carbonyl (C=O) groups is 1. The van der Waals surface area contributed by atoms with E-state index in [4.69, 9.17) is 4.52 Å². The van der Waals surface area contributed by atoms with E-state index in [2.05, 4.69) is 15.5 Å². The van der Waals surface area contributed by atoms with Crippen LogP contribution in [-0.4, -0.2) is 33.9 Å². The second-order valence-corrected chi connectivity index (χ2v) is 8.07. The molecule has 1 saturated heterocycles. The molecular weight excluding hydrogens is 384 g/mol. The van der Waals surface area contributed by atoms with Crippen LogP contribution in [0.3, 0.4) is 0 Å². The van der Waals surface area contributed by atoms with Crippen molar-refractivity contribution in [3.05, 3.63) is 60.0 Å². The second-order valence-electron chi connectivity index (χ2n) is 7.19. The van der Waals surface area contributed by atoms with Gasteiger partial charge in [0, 0.05) is 22.7 Å². The van der Waals surface area contributed by atoms with E-state index in [9.17, 15) is 4.79 Å². The number of likely N-dealkylation sites (tertiary alicyclic amines) is 1. The molecule has 3 aromatic rings. The van der Waals surface area contributed by atoms with E-state index < -0.39 is 0 Å². The third-order valence-electron chi connectivity index (χ3n) is 5.14. The number of aromatic nitrogens is 2. The van der Waals surface area contributed by atoms with Gasteiger partial charge >= 0.3 is 6.03 Å². The van der Waals surface area contributed by atoms with Crippen molar-refractivity contribution in [2.24, 2.45) is 0 Å². The summed E-state index contributed by atoms with van der Waals surface area (Å²) >= 11 is 1.67. The predicted molar refractivity (Wildman–Crippen MR) is 115 cm³/mol. The van der Waals surface area contributed by atoms with Gasteiger partial charge in [-0.1, -0.05) is 35.0 Å². The number of thioether (sulfide) groups is 1. The summed E-state index contributed by atoms with van der Waals surface area (Å²) in [6.07, 6.45) is 4.84. The van der Waals surface area contributed by atoms with Crippen molar-refractivity contribution in [1.82, 2.24) is 15.0 Å². The maximum absolute atomic E-state index is 12.9. The summed E-state index contributed by atoms with van der Waals surface area (Å²) in [5.74, 6) is 1.05. The second kappa shape index (κ2) is 8.69. The molecule has 1 atom stereocenters. The van der Waals surface area contributed by atoms with Gasteiger partial charge in [-0.2, -0.15) is 4.98 Å². The van der Waals surface area contributed by atoms with Crippen molar-refractivity contribution in [2.75, 3.05) is 18.1 Å². The predicted octanol–water partition coefficient (Wildman–Crippen LogP) is 5.53. The summed E-state index contributed by atoms with van der Waals surface area (Å²) in [6.45, 7) is 2.71. The molecule has 1 aliphatic rings. The van der Waals surface area contributed by atoms with Gasteiger partial charge in [-0.05, 0) is 56.7 Å². The van der Waals surface area contributed by atoms with Crippen LogP contribution in [0, 0.1) is 6.92 Å². The van der Waals surface area contributed by atoms with Gasteiger partial charge in [0.1, 0.15) is 6.04 Å². The van der Waals surface area contributed by atoms with Crippen LogP contribution in [0.15, 0.2) is 57.9 Å². The number of anilines is 1. The number of carbonyl (C=O) groups excluding carboxylic acids is 1. The molecule has 0 saturated carbocycles. The van der Waals surface area contributed by atoms with Crippen LogP contribution in [0.25, 0.3) is 11.4 Å². The fraction of sp³-hybridized carbons (Fsp3) is 0.318. The highest BCUT2D eigenvalue weighted by molar-refractivity contribution is 7.98. The Morgan fingerprint density at radius 1 is 1.14 bits per heavy atom. The lowest BCUT2D eigenvalue weighted by Crippen LogP contribution is -2.41. The molecule has 0 spiro atoms. The fourth-order valence-electron chi connectivity index (χ4n) is 3.49. The van der Waals surface area contributed by atoms with Crippen LogP contribution in [-0.2, 0) is 0 Å². The molecule has 7 heteroatoms. The van der Waals surface area contributed by atoms with Crippen LogP contribution in [0.2, 0.25) is 0 Å². The smallest absolute Gasteiger partial charge is 0.322 e. The Balaban J connectivity index is 1.51. The largest absolute Gasteiger partial charge is 0.337 e. The molecular formula is C22H24N4O2S. The van der Waals surface area contributed by atoms with E-state index in [1.807, 2.05) is 61.7 Å². The number of aryl methyl sites for hydroxylation is 1. The number of piperidine rings is 1. The zero-order chi connectivity index (χ0) is 20.2. The molecule has 1 N–H and O–H groups in total. The molecule has 0 radical (unpaired) electrons. The minimum Gasteiger partial charge on any atom is -0.337 e. The van der Waals surface area contributed by atoms with E-state index in [0.717, 1.165) is 35.4 Å². The molecule has 0 unspecified atom stereocenters. The molecule has 0 aliphatic carbocycles. The molecule has 1 aromatic heterocycles. The number of rotatable bonds is 4. The number of benzene rings is 2. The lowest BCUT2D eigenvalue weighted by Gasteiger charge is -2.33. The molecule has 150 valence electrons. The molecule has 29 heavy (non-hydrogen) atoms. The van der Waals surface area contributed by atoms with Gasteiger partial charge in [-0.15, -0.1) is 11.8 Å². The maximum atomic E-state index is 12.9. The minimum atomic E-state index is -0.207. The van der Waals surface area contributed by atoms with Crippen molar-refractivity contribution in [3.63, 3.8) is 0 Å². The number of urea groups is 1. The fourth-order valence-corrected chi connectivity index (χ4v) is 3.90. The average molecular weight is 409 g/mol. The molecule has 2 heterocycles. The first-order valence-electron chi connectivity index (χ1n) is 9.76. The molecule has 1 aliphatic heterocycles. The Labute approximate surface area is 174 Å². The summed E-state index contributed by atoms with van der Waals surface area (Å²) in [5, 5.41) is 7.14. The Kier molecular flexibility index (Phi) is 5.85. The van der Waals surface area contributed by atoms with Gasteiger partial charge in [-0.25, -0.2) is 4.79 Å². The highest BCUT2D eigenvalue weighted by Gasteiger charge is 2.32. The van der Waals surface area contributed by atoms with Crippen LogP contribution in [0.1, 0.15) is 36.8 Å². The summed E-state index contributed by atoms with van der Waals surface area (Å²) in [4.78, 5) is 20.5. The standard InChI is InChI=1S/C22H24N4O2S/c1-15-6-8-16(9-7-15)20-24-21(28-25-20)19-5-3-4-14-26(19)22(27)23-17-10-12-18(29-2)13-11-17/h6-13,19H,3-5,14H2,1-2H3,(H,23,27)/t19-/m0/s1. The van der Waals surface area contributed by atoms with Crippen molar-refractivity contribution < 1.29 is 9.32 Å². The van der Waals surface area contributed by atoms with Gasteiger partial charge in [0.25, 0.3) is 0 Å². The quantitative estimate of drug-likeness (QED) is 0.575. The average Bonchev–Trinajstić information content (AvgIpc) is 3.25. The molecule has 1 fully saturated rings. The first kappa shape index (κ1) is 19.5. The zero-order valence-electron chi connectivity index (χ0n) is 16.6. The number of hydrogen-bond donors (Lipinski definition) is 1. The van der Waals surface area contributed by atoms with E-state index in [0.29, 0.717) is 18.3 Å². The third-order valence-corrected chi connectivity index (χ3v) is 5.89. The van der Waals surface area contributed by atoms with E-state index >= 15 is 0 Å². The SMILES string of the molecule is CSc1ccc(NC(=O)N2CCCC[C@H]2c2nc(-c3ccc(C)cc3)no2)cc1. The van der Waals surface area contributed by atoms with Gasteiger partial charge in [-0.3, -0.25) is 0 Å². The van der Waals surface area contributed by atoms with Crippen LogP contribution < -0.4 is 5.32 Å². The number of nitrogens with one attached hydrogen (secondary N) is 1. The summed E-state index contributed by atoms with van der Waals surface area (Å²) in [5.41, 5.74) is 2.87. The number of amides is 2. The third kappa shape index (κ3) is 4.45. The lowest BCUT2D eigenvalue weighted by molar-refractivity contribution is 0.142. The van der Waals surface area contributed by atoms with E-state index in [1.54, 1.807) is 16.7 Å². The summed E-state index contributed by atoms with van der Waals surface area (Å²) < 4.78 is 5.56. The van der Waals surface area contributed by atoms with Crippen molar-refractivity contribution in [3.8, 4) is 11.4 Å².